The third-order valence-corrected chi connectivity index (χ3v) is 2.91. The fraction of sp³-hybridized carbons (Fsp3) is 0.385. The normalized spacial score (nSPS) is 14.4. The summed E-state index contributed by atoms with van der Waals surface area (Å²) in [6, 6.07) is 7.16. The van der Waals surface area contributed by atoms with Gasteiger partial charge in [-0.1, -0.05) is 6.07 Å². The molecule has 4 N–H and O–H groups in total. The van der Waals surface area contributed by atoms with E-state index in [4.69, 9.17) is 5.73 Å². The van der Waals surface area contributed by atoms with Crippen LogP contribution in [0.3, 0.4) is 0 Å². The molecule has 1 aromatic rings. The van der Waals surface area contributed by atoms with Gasteiger partial charge in [-0.3, -0.25) is 9.69 Å². The molecule has 19 heavy (non-hydrogen) atoms. The number of rotatable bonds is 5. The van der Waals surface area contributed by atoms with E-state index in [1.54, 1.807) is 17.0 Å². The summed E-state index contributed by atoms with van der Waals surface area (Å²) in [4.78, 5) is 24.8. The van der Waals surface area contributed by atoms with E-state index in [1.165, 1.54) is 0 Å². The Labute approximate surface area is 112 Å². The number of urea groups is 1. The summed E-state index contributed by atoms with van der Waals surface area (Å²) in [5.74, 6) is -0.0616. The number of benzene rings is 1. The van der Waals surface area contributed by atoms with Gasteiger partial charge < -0.3 is 16.4 Å². The summed E-state index contributed by atoms with van der Waals surface area (Å²) in [7, 11) is 0. The number of carbonyl (C=O) groups excluding carboxylic acids is 2. The van der Waals surface area contributed by atoms with Crippen LogP contribution in [0.2, 0.25) is 0 Å². The second-order valence-electron chi connectivity index (χ2n) is 4.37. The number of hydrogen-bond acceptors (Lipinski definition) is 3. The van der Waals surface area contributed by atoms with Crippen molar-refractivity contribution in [1.82, 2.24) is 5.32 Å². The lowest BCUT2D eigenvalue weighted by Gasteiger charge is -2.15. The van der Waals surface area contributed by atoms with Gasteiger partial charge in [0.25, 0.3) is 0 Å². The number of nitrogens with zero attached hydrogens (tertiary/aromatic N) is 1. The summed E-state index contributed by atoms with van der Waals surface area (Å²) in [5.41, 5.74) is 6.84. The Kier molecular flexibility index (Phi) is 4.35. The Morgan fingerprint density at radius 3 is 3.00 bits per heavy atom. The van der Waals surface area contributed by atoms with E-state index >= 15 is 0 Å². The lowest BCUT2D eigenvalue weighted by molar-refractivity contribution is -0.116. The highest BCUT2D eigenvalue weighted by molar-refractivity contribution is 5.96. The fourth-order valence-corrected chi connectivity index (χ4v) is 1.96. The highest BCUT2D eigenvalue weighted by atomic mass is 16.2. The smallest absolute Gasteiger partial charge is 0.321 e. The standard InChI is InChI=1S/C13H18N4O2/c14-6-2-5-12(18)16-10-3-1-4-11(9-10)17-8-7-15-13(17)19/h1,3-4,9H,2,5-8,14H2,(H,15,19)(H,16,18). The first-order chi connectivity index (χ1) is 9.20. The van der Waals surface area contributed by atoms with E-state index < -0.39 is 0 Å². The molecule has 0 spiro atoms. The topological polar surface area (TPSA) is 87.5 Å². The first kappa shape index (κ1) is 13.4. The van der Waals surface area contributed by atoms with Crippen molar-refractivity contribution in [2.45, 2.75) is 12.8 Å². The summed E-state index contributed by atoms with van der Waals surface area (Å²) >= 11 is 0. The van der Waals surface area contributed by atoms with Crippen molar-refractivity contribution < 1.29 is 9.59 Å². The number of nitrogens with two attached hydrogens (primary N) is 1. The zero-order valence-electron chi connectivity index (χ0n) is 10.7. The molecular weight excluding hydrogens is 244 g/mol. The zero-order chi connectivity index (χ0) is 13.7. The van der Waals surface area contributed by atoms with Gasteiger partial charge in [0.2, 0.25) is 5.91 Å². The molecule has 102 valence electrons. The third kappa shape index (κ3) is 3.45. The lowest BCUT2D eigenvalue weighted by Crippen LogP contribution is -2.27. The summed E-state index contributed by atoms with van der Waals surface area (Å²) in [6.45, 7) is 1.79. The maximum atomic E-state index is 11.6. The van der Waals surface area contributed by atoms with Crippen LogP contribution < -0.4 is 21.3 Å². The van der Waals surface area contributed by atoms with Gasteiger partial charge in [-0.15, -0.1) is 0 Å². The summed E-state index contributed by atoms with van der Waals surface area (Å²) in [6.07, 6.45) is 1.07. The molecule has 0 aromatic heterocycles. The van der Waals surface area contributed by atoms with E-state index in [9.17, 15) is 9.59 Å². The molecule has 1 aliphatic heterocycles. The zero-order valence-corrected chi connectivity index (χ0v) is 10.7. The summed E-state index contributed by atoms with van der Waals surface area (Å²) in [5, 5.41) is 5.54. The van der Waals surface area contributed by atoms with Crippen molar-refractivity contribution in [1.29, 1.82) is 0 Å². The van der Waals surface area contributed by atoms with Crippen LogP contribution in [0.15, 0.2) is 24.3 Å². The molecule has 0 radical (unpaired) electrons. The average molecular weight is 262 g/mol. The molecule has 3 amide bonds. The Balaban J connectivity index is 2.02. The minimum absolute atomic E-state index is 0.0616. The predicted octanol–water partition coefficient (Wildman–Crippen LogP) is 0.894. The van der Waals surface area contributed by atoms with Crippen LogP contribution in [-0.4, -0.2) is 31.6 Å². The highest BCUT2D eigenvalue weighted by Gasteiger charge is 2.21. The molecule has 1 aromatic carbocycles. The van der Waals surface area contributed by atoms with Crippen LogP contribution in [0, 0.1) is 0 Å². The van der Waals surface area contributed by atoms with Crippen molar-refractivity contribution in [3.05, 3.63) is 24.3 Å². The van der Waals surface area contributed by atoms with Crippen LogP contribution in [0.1, 0.15) is 12.8 Å². The minimum Gasteiger partial charge on any atom is -0.336 e. The van der Waals surface area contributed by atoms with Crippen molar-refractivity contribution in [3.63, 3.8) is 0 Å². The van der Waals surface area contributed by atoms with E-state index in [2.05, 4.69) is 10.6 Å². The fourth-order valence-electron chi connectivity index (χ4n) is 1.96. The number of hydrogen-bond donors (Lipinski definition) is 3. The predicted molar refractivity (Wildman–Crippen MR) is 74.1 cm³/mol. The SMILES string of the molecule is NCCCC(=O)Nc1cccc(N2CCNC2=O)c1. The lowest BCUT2D eigenvalue weighted by atomic mass is 10.2. The molecular formula is C13H18N4O2. The average Bonchev–Trinajstić information content (AvgIpc) is 2.83. The van der Waals surface area contributed by atoms with E-state index in [-0.39, 0.29) is 11.9 Å². The Morgan fingerprint density at radius 1 is 1.47 bits per heavy atom. The number of nitrogens with one attached hydrogen (secondary N) is 2. The molecule has 1 heterocycles. The molecule has 1 fully saturated rings. The quantitative estimate of drug-likeness (QED) is 0.736. The van der Waals surface area contributed by atoms with Gasteiger partial charge in [0.1, 0.15) is 0 Å². The van der Waals surface area contributed by atoms with Gasteiger partial charge in [-0.2, -0.15) is 0 Å². The highest BCUT2D eigenvalue weighted by Crippen LogP contribution is 2.21. The number of amides is 3. The molecule has 0 atom stereocenters. The van der Waals surface area contributed by atoms with E-state index in [0.29, 0.717) is 38.2 Å². The molecule has 0 aliphatic carbocycles. The van der Waals surface area contributed by atoms with Crippen LogP contribution >= 0.6 is 0 Å². The monoisotopic (exact) mass is 262 g/mol. The molecule has 1 saturated heterocycles. The molecule has 0 unspecified atom stereocenters. The second kappa shape index (κ2) is 6.19. The number of anilines is 2. The number of carbonyl (C=O) groups is 2. The molecule has 6 heteroatoms. The van der Waals surface area contributed by atoms with Gasteiger partial charge in [-0.05, 0) is 31.2 Å². The Bertz CT molecular complexity index is 475. The van der Waals surface area contributed by atoms with Crippen molar-refractivity contribution >= 4 is 23.3 Å². The molecule has 0 saturated carbocycles. The third-order valence-electron chi connectivity index (χ3n) is 2.91. The van der Waals surface area contributed by atoms with Crippen molar-refractivity contribution in [2.75, 3.05) is 29.9 Å². The minimum atomic E-state index is -0.105. The van der Waals surface area contributed by atoms with Crippen LogP contribution in [-0.2, 0) is 4.79 Å². The van der Waals surface area contributed by atoms with Gasteiger partial charge in [0.05, 0.1) is 0 Å². The Morgan fingerprint density at radius 2 is 2.32 bits per heavy atom. The maximum absolute atomic E-state index is 11.6. The largest absolute Gasteiger partial charge is 0.336 e. The summed E-state index contributed by atoms with van der Waals surface area (Å²) < 4.78 is 0. The van der Waals surface area contributed by atoms with Crippen LogP contribution in [0.4, 0.5) is 16.2 Å². The van der Waals surface area contributed by atoms with Crippen molar-refractivity contribution in [2.24, 2.45) is 5.73 Å². The first-order valence-electron chi connectivity index (χ1n) is 6.36. The molecule has 1 aliphatic rings. The van der Waals surface area contributed by atoms with Crippen molar-refractivity contribution in [3.8, 4) is 0 Å². The van der Waals surface area contributed by atoms with E-state index in [1.807, 2.05) is 12.1 Å². The first-order valence-corrected chi connectivity index (χ1v) is 6.36. The van der Waals surface area contributed by atoms with Crippen LogP contribution in [0.5, 0.6) is 0 Å². The molecule has 0 bridgehead atoms. The van der Waals surface area contributed by atoms with E-state index in [0.717, 1.165) is 5.69 Å². The maximum Gasteiger partial charge on any atom is 0.321 e. The second-order valence-corrected chi connectivity index (χ2v) is 4.37. The van der Waals surface area contributed by atoms with Gasteiger partial charge in [0.15, 0.2) is 0 Å². The molecule has 6 nitrogen and oxygen atoms in total. The van der Waals surface area contributed by atoms with Crippen LogP contribution in [0.25, 0.3) is 0 Å². The molecule has 2 rings (SSSR count). The Hall–Kier alpha value is -2.08. The van der Waals surface area contributed by atoms with Gasteiger partial charge in [-0.25, -0.2) is 4.79 Å². The van der Waals surface area contributed by atoms with Gasteiger partial charge in [0, 0.05) is 30.9 Å². The van der Waals surface area contributed by atoms with Gasteiger partial charge >= 0.3 is 6.03 Å².